The first-order valence-electron chi connectivity index (χ1n) is 9.54. The van der Waals surface area contributed by atoms with Crippen molar-refractivity contribution in [3.8, 4) is 0 Å². The number of ether oxygens (including phenoxy) is 1. The molecule has 3 N–H and O–H groups in total. The Balaban J connectivity index is 0.00000420. The molecular formula is C20H32IN5O3. The van der Waals surface area contributed by atoms with E-state index in [1.54, 1.807) is 11.9 Å². The summed E-state index contributed by atoms with van der Waals surface area (Å²) in [5, 5.41) is 9.32. The smallest absolute Gasteiger partial charge is 0.410 e. The van der Waals surface area contributed by atoms with Crippen LogP contribution in [0.1, 0.15) is 43.6 Å². The summed E-state index contributed by atoms with van der Waals surface area (Å²) in [6, 6.07) is 7.58. The molecule has 0 radical (unpaired) electrons. The molecule has 0 saturated carbocycles. The molecular weight excluding hydrogens is 485 g/mol. The van der Waals surface area contributed by atoms with Crippen LogP contribution < -0.4 is 16.0 Å². The summed E-state index contributed by atoms with van der Waals surface area (Å²) < 4.78 is 5.35. The maximum absolute atomic E-state index is 12.0. The molecule has 0 spiro atoms. The van der Waals surface area contributed by atoms with Gasteiger partial charge in [-0.1, -0.05) is 12.1 Å². The molecule has 0 bridgehead atoms. The largest absolute Gasteiger partial charge is 0.444 e. The molecule has 1 aliphatic heterocycles. The third kappa shape index (κ3) is 8.08. The number of aliphatic imine (C=N–C) groups is 1. The summed E-state index contributed by atoms with van der Waals surface area (Å²) >= 11 is 0. The Morgan fingerprint density at radius 1 is 1.17 bits per heavy atom. The molecule has 0 aliphatic carbocycles. The number of nitrogens with zero attached hydrogens (tertiary/aromatic N) is 2. The zero-order chi connectivity index (χ0) is 20.7. The van der Waals surface area contributed by atoms with Gasteiger partial charge in [-0.25, -0.2) is 4.79 Å². The SMILES string of the molecule is CCNC(=O)c1ccc(CNC(=NC)NC2CN(C(=O)OC(C)(C)C)C2)cc1.I. The molecule has 2 rings (SSSR count). The molecule has 1 aliphatic rings. The predicted molar refractivity (Wildman–Crippen MR) is 125 cm³/mol. The number of halogens is 1. The second kappa shape index (κ2) is 11.2. The molecule has 1 aromatic carbocycles. The van der Waals surface area contributed by atoms with Crippen LogP contribution in [-0.4, -0.2) is 61.2 Å². The molecule has 0 aromatic heterocycles. The van der Waals surface area contributed by atoms with Crippen LogP contribution in [0, 0.1) is 0 Å². The third-order valence-corrected chi connectivity index (χ3v) is 4.11. The van der Waals surface area contributed by atoms with Crippen LogP contribution in [0.2, 0.25) is 0 Å². The lowest BCUT2D eigenvalue weighted by molar-refractivity contribution is 0.00700. The summed E-state index contributed by atoms with van der Waals surface area (Å²) in [6.45, 7) is 9.81. The fourth-order valence-electron chi connectivity index (χ4n) is 2.66. The first-order chi connectivity index (χ1) is 13.2. The number of carbonyl (C=O) groups is 2. The van der Waals surface area contributed by atoms with Gasteiger partial charge in [0.1, 0.15) is 5.60 Å². The van der Waals surface area contributed by atoms with Crippen molar-refractivity contribution in [1.82, 2.24) is 20.9 Å². The van der Waals surface area contributed by atoms with Crippen molar-refractivity contribution in [2.45, 2.75) is 45.9 Å². The van der Waals surface area contributed by atoms with E-state index in [-0.39, 0.29) is 42.0 Å². The molecule has 1 fully saturated rings. The van der Waals surface area contributed by atoms with Crippen LogP contribution in [0.3, 0.4) is 0 Å². The van der Waals surface area contributed by atoms with E-state index in [9.17, 15) is 9.59 Å². The average Bonchev–Trinajstić information content (AvgIpc) is 2.59. The maximum atomic E-state index is 12.0. The van der Waals surface area contributed by atoms with Gasteiger partial charge in [-0.15, -0.1) is 24.0 Å². The number of hydrogen-bond donors (Lipinski definition) is 3. The molecule has 0 atom stereocenters. The summed E-state index contributed by atoms with van der Waals surface area (Å²) in [6.07, 6.45) is -0.291. The Labute approximate surface area is 189 Å². The fraction of sp³-hybridized carbons (Fsp3) is 0.550. The van der Waals surface area contributed by atoms with Gasteiger partial charge in [0, 0.05) is 38.8 Å². The van der Waals surface area contributed by atoms with E-state index >= 15 is 0 Å². The molecule has 29 heavy (non-hydrogen) atoms. The molecule has 0 unspecified atom stereocenters. The molecule has 9 heteroatoms. The normalized spacial score (nSPS) is 14.4. The lowest BCUT2D eigenvalue weighted by atomic mass is 10.1. The van der Waals surface area contributed by atoms with Crippen molar-refractivity contribution in [2.24, 2.45) is 4.99 Å². The zero-order valence-electron chi connectivity index (χ0n) is 17.7. The van der Waals surface area contributed by atoms with Crippen molar-refractivity contribution in [2.75, 3.05) is 26.7 Å². The van der Waals surface area contributed by atoms with Crippen LogP contribution in [0.5, 0.6) is 0 Å². The van der Waals surface area contributed by atoms with Gasteiger partial charge >= 0.3 is 6.09 Å². The van der Waals surface area contributed by atoms with E-state index in [1.165, 1.54) is 0 Å². The number of rotatable bonds is 5. The van der Waals surface area contributed by atoms with Gasteiger partial charge in [-0.2, -0.15) is 0 Å². The van der Waals surface area contributed by atoms with Gasteiger partial charge in [0.25, 0.3) is 5.91 Å². The van der Waals surface area contributed by atoms with Crippen LogP contribution in [0.25, 0.3) is 0 Å². The first-order valence-corrected chi connectivity index (χ1v) is 9.54. The Morgan fingerprint density at radius 3 is 2.31 bits per heavy atom. The van der Waals surface area contributed by atoms with Gasteiger partial charge in [0.15, 0.2) is 5.96 Å². The van der Waals surface area contributed by atoms with Crippen molar-refractivity contribution >= 4 is 41.9 Å². The molecule has 162 valence electrons. The van der Waals surface area contributed by atoms with Crippen molar-refractivity contribution < 1.29 is 14.3 Å². The molecule has 1 heterocycles. The van der Waals surface area contributed by atoms with E-state index in [0.29, 0.717) is 37.7 Å². The highest BCUT2D eigenvalue weighted by Crippen LogP contribution is 2.15. The highest BCUT2D eigenvalue weighted by Gasteiger charge is 2.34. The standard InChI is InChI=1S/C20H31N5O3.HI/c1-6-22-17(26)15-9-7-14(8-10-15)11-23-18(21-5)24-16-12-25(13-16)19(27)28-20(2,3)4;/h7-10,16H,6,11-13H2,1-5H3,(H,22,26)(H2,21,23,24);1H. The number of guanidine groups is 1. The van der Waals surface area contributed by atoms with Crippen molar-refractivity contribution in [3.63, 3.8) is 0 Å². The lowest BCUT2D eigenvalue weighted by Crippen LogP contribution is -2.63. The Morgan fingerprint density at radius 2 is 1.79 bits per heavy atom. The topological polar surface area (TPSA) is 95.1 Å². The van der Waals surface area contributed by atoms with Crippen LogP contribution in [-0.2, 0) is 11.3 Å². The van der Waals surface area contributed by atoms with Gasteiger partial charge in [0.2, 0.25) is 0 Å². The monoisotopic (exact) mass is 517 g/mol. The number of amides is 2. The molecule has 2 amide bonds. The summed E-state index contributed by atoms with van der Waals surface area (Å²) in [7, 11) is 1.71. The van der Waals surface area contributed by atoms with Gasteiger partial charge in [-0.3, -0.25) is 9.79 Å². The van der Waals surface area contributed by atoms with E-state index in [1.807, 2.05) is 52.0 Å². The van der Waals surface area contributed by atoms with Crippen molar-refractivity contribution in [3.05, 3.63) is 35.4 Å². The van der Waals surface area contributed by atoms with Gasteiger partial charge in [0.05, 0.1) is 6.04 Å². The first kappa shape index (κ1) is 25.0. The summed E-state index contributed by atoms with van der Waals surface area (Å²) in [5.74, 6) is 0.598. The number of carbonyl (C=O) groups excluding carboxylic acids is 2. The number of likely N-dealkylation sites (tertiary alicyclic amines) is 1. The second-order valence-corrected chi connectivity index (χ2v) is 7.71. The summed E-state index contributed by atoms with van der Waals surface area (Å²) in [4.78, 5) is 29.6. The molecule has 1 saturated heterocycles. The zero-order valence-corrected chi connectivity index (χ0v) is 20.1. The maximum Gasteiger partial charge on any atom is 0.410 e. The van der Waals surface area contributed by atoms with E-state index in [4.69, 9.17) is 4.74 Å². The summed E-state index contributed by atoms with van der Waals surface area (Å²) in [5.41, 5.74) is 1.20. The minimum absolute atomic E-state index is 0. The number of hydrogen-bond acceptors (Lipinski definition) is 4. The Kier molecular flexibility index (Phi) is 9.67. The van der Waals surface area contributed by atoms with Crippen LogP contribution >= 0.6 is 24.0 Å². The quantitative estimate of drug-likeness (QED) is 0.317. The minimum Gasteiger partial charge on any atom is -0.444 e. The third-order valence-electron chi connectivity index (χ3n) is 4.11. The van der Waals surface area contributed by atoms with Crippen LogP contribution in [0.4, 0.5) is 4.79 Å². The van der Waals surface area contributed by atoms with Gasteiger partial charge in [-0.05, 0) is 45.4 Å². The van der Waals surface area contributed by atoms with Crippen LogP contribution in [0.15, 0.2) is 29.3 Å². The average molecular weight is 517 g/mol. The number of nitrogens with one attached hydrogen (secondary N) is 3. The highest BCUT2D eigenvalue weighted by atomic mass is 127. The Bertz CT molecular complexity index is 710. The molecule has 8 nitrogen and oxygen atoms in total. The second-order valence-electron chi connectivity index (χ2n) is 7.71. The Hall–Kier alpha value is -2.04. The molecule has 1 aromatic rings. The van der Waals surface area contributed by atoms with E-state index < -0.39 is 5.60 Å². The van der Waals surface area contributed by atoms with E-state index in [0.717, 1.165) is 5.56 Å². The van der Waals surface area contributed by atoms with Crippen molar-refractivity contribution in [1.29, 1.82) is 0 Å². The number of benzene rings is 1. The lowest BCUT2D eigenvalue weighted by Gasteiger charge is -2.40. The highest BCUT2D eigenvalue weighted by molar-refractivity contribution is 14.0. The van der Waals surface area contributed by atoms with Gasteiger partial charge < -0.3 is 25.6 Å². The van der Waals surface area contributed by atoms with E-state index in [2.05, 4.69) is 20.9 Å². The fourth-order valence-corrected chi connectivity index (χ4v) is 2.66. The minimum atomic E-state index is -0.486. The predicted octanol–water partition coefficient (Wildman–Crippen LogP) is 2.34.